The normalized spacial score (nSPS) is 23.4. The van der Waals surface area contributed by atoms with E-state index in [1.165, 1.54) is 4.31 Å². The van der Waals surface area contributed by atoms with Crippen LogP contribution in [0, 0.1) is 5.92 Å². The van der Waals surface area contributed by atoms with Crippen molar-refractivity contribution in [2.75, 3.05) is 32.6 Å². The fourth-order valence-electron chi connectivity index (χ4n) is 3.04. The lowest BCUT2D eigenvalue weighted by molar-refractivity contribution is -0.125. The van der Waals surface area contributed by atoms with Crippen LogP contribution in [0.3, 0.4) is 0 Å². The first-order chi connectivity index (χ1) is 10.9. The smallest absolute Gasteiger partial charge is 0.244 e. The van der Waals surface area contributed by atoms with Gasteiger partial charge >= 0.3 is 0 Å². The fraction of sp³-hybridized carbons (Fsp3) is 0.714. The number of carbonyl (C=O) groups excluding carboxylic acids is 1. The first-order valence-corrected chi connectivity index (χ1v) is 9.61. The van der Waals surface area contributed by atoms with Crippen LogP contribution in [0.15, 0.2) is 12.5 Å². The minimum absolute atomic E-state index is 0.141. The summed E-state index contributed by atoms with van der Waals surface area (Å²) in [5, 5.41) is 2.96. The van der Waals surface area contributed by atoms with Crippen LogP contribution >= 0.6 is 0 Å². The third-order valence-corrected chi connectivity index (χ3v) is 5.69. The van der Waals surface area contributed by atoms with Gasteiger partial charge in [0, 0.05) is 32.5 Å². The largest absolute Gasteiger partial charge is 0.381 e. The standard InChI is InChI=1S/C14H22N4O4S/c1-23(20,21)17-8-12-7-15-10-18(12)13(9-17)14(19)16-6-11-2-4-22-5-3-11/h7,10-11,13H,2-6,8-9H2,1H3,(H,16,19)/t13-/m0/s1. The zero-order valence-electron chi connectivity index (χ0n) is 13.1. The van der Waals surface area contributed by atoms with Crippen LogP contribution in [0.2, 0.25) is 0 Å². The minimum atomic E-state index is -3.35. The maximum Gasteiger partial charge on any atom is 0.244 e. The van der Waals surface area contributed by atoms with Gasteiger partial charge in [-0.05, 0) is 18.8 Å². The Bertz CT molecular complexity index is 666. The van der Waals surface area contributed by atoms with Gasteiger partial charge in [-0.3, -0.25) is 4.79 Å². The van der Waals surface area contributed by atoms with Crippen molar-refractivity contribution in [3.05, 3.63) is 18.2 Å². The summed E-state index contributed by atoms with van der Waals surface area (Å²) in [6.07, 6.45) is 6.24. The Morgan fingerprint density at radius 2 is 2.17 bits per heavy atom. The molecule has 1 saturated heterocycles. The number of fused-ring (bicyclic) bond motifs is 1. The van der Waals surface area contributed by atoms with Gasteiger partial charge < -0.3 is 14.6 Å². The molecule has 2 aliphatic heterocycles. The molecule has 0 bridgehead atoms. The Kier molecular flexibility index (Phi) is 4.69. The SMILES string of the molecule is CS(=O)(=O)N1Cc2cncn2[C@H](C(=O)NCC2CCOCC2)C1. The molecular formula is C14H22N4O4S. The second kappa shape index (κ2) is 6.58. The molecular weight excluding hydrogens is 320 g/mol. The average Bonchev–Trinajstić information content (AvgIpc) is 3.00. The number of nitrogens with zero attached hydrogens (tertiary/aromatic N) is 3. The molecule has 0 aromatic carbocycles. The molecule has 1 aromatic rings. The van der Waals surface area contributed by atoms with Crippen LogP contribution in [0.5, 0.6) is 0 Å². The second-order valence-corrected chi connectivity index (χ2v) is 8.15. The maximum atomic E-state index is 12.6. The number of carbonyl (C=O) groups is 1. The van der Waals surface area contributed by atoms with Crippen molar-refractivity contribution in [1.82, 2.24) is 19.2 Å². The summed E-state index contributed by atoms with van der Waals surface area (Å²) in [5.41, 5.74) is 0.730. The Balaban J connectivity index is 1.69. The molecule has 0 saturated carbocycles. The summed E-state index contributed by atoms with van der Waals surface area (Å²) in [6, 6.07) is -0.573. The highest BCUT2D eigenvalue weighted by molar-refractivity contribution is 7.88. The first-order valence-electron chi connectivity index (χ1n) is 7.76. The first kappa shape index (κ1) is 16.4. The molecule has 23 heavy (non-hydrogen) atoms. The van der Waals surface area contributed by atoms with Crippen molar-refractivity contribution < 1.29 is 17.9 Å². The summed E-state index contributed by atoms with van der Waals surface area (Å²) in [7, 11) is -3.35. The van der Waals surface area contributed by atoms with Gasteiger partial charge in [0.1, 0.15) is 6.04 Å². The molecule has 2 aliphatic rings. The van der Waals surface area contributed by atoms with Gasteiger partial charge in [0.15, 0.2) is 0 Å². The van der Waals surface area contributed by atoms with Gasteiger partial charge in [0.2, 0.25) is 15.9 Å². The number of hydrogen-bond donors (Lipinski definition) is 1. The second-order valence-electron chi connectivity index (χ2n) is 6.16. The van der Waals surface area contributed by atoms with E-state index in [2.05, 4.69) is 10.3 Å². The topological polar surface area (TPSA) is 93.5 Å². The van der Waals surface area contributed by atoms with Gasteiger partial charge in [-0.2, -0.15) is 4.31 Å². The Morgan fingerprint density at radius 1 is 1.43 bits per heavy atom. The Labute approximate surface area is 135 Å². The van der Waals surface area contributed by atoms with Crippen LogP contribution in [0.25, 0.3) is 0 Å². The molecule has 3 rings (SSSR count). The molecule has 0 radical (unpaired) electrons. The van der Waals surface area contributed by atoms with Gasteiger partial charge in [-0.25, -0.2) is 13.4 Å². The number of rotatable bonds is 4. The lowest BCUT2D eigenvalue weighted by atomic mass is 10.0. The number of amides is 1. The Hall–Kier alpha value is -1.45. The van der Waals surface area contributed by atoms with Gasteiger partial charge in [-0.15, -0.1) is 0 Å². The van der Waals surface area contributed by atoms with Crippen molar-refractivity contribution in [2.45, 2.75) is 25.4 Å². The van der Waals surface area contributed by atoms with E-state index in [0.29, 0.717) is 12.5 Å². The van der Waals surface area contributed by atoms with E-state index >= 15 is 0 Å². The summed E-state index contributed by atoms with van der Waals surface area (Å²) >= 11 is 0. The van der Waals surface area contributed by atoms with Crippen LogP contribution in [0.4, 0.5) is 0 Å². The molecule has 9 heteroatoms. The monoisotopic (exact) mass is 342 g/mol. The fourth-order valence-corrected chi connectivity index (χ4v) is 3.82. The van der Waals surface area contributed by atoms with E-state index in [1.54, 1.807) is 17.1 Å². The molecule has 0 aliphatic carbocycles. The van der Waals surface area contributed by atoms with Gasteiger partial charge in [-0.1, -0.05) is 0 Å². The third kappa shape index (κ3) is 3.73. The highest BCUT2D eigenvalue weighted by atomic mass is 32.2. The van der Waals surface area contributed by atoms with E-state index in [9.17, 15) is 13.2 Å². The van der Waals surface area contributed by atoms with Crippen LogP contribution in [-0.4, -0.2) is 60.7 Å². The van der Waals surface area contributed by atoms with Gasteiger partial charge in [0.25, 0.3) is 0 Å². The summed E-state index contributed by atoms with van der Waals surface area (Å²) in [6.45, 7) is 2.46. The van der Waals surface area contributed by atoms with E-state index in [4.69, 9.17) is 4.74 Å². The summed E-state index contributed by atoms with van der Waals surface area (Å²) < 4.78 is 32.1. The number of aromatic nitrogens is 2. The van der Waals surface area contributed by atoms with Crippen LogP contribution < -0.4 is 5.32 Å². The molecule has 1 aromatic heterocycles. The lowest BCUT2D eigenvalue weighted by Gasteiger charge is -2.32. The zero-order valence-corrected chi connectivity index (χ0v) is 14.0. The highest BCUT2D eigenvalue weighted by Crippen LogP contribution is 2.23. The Morgan fingerprint density at radius 3 is 2.87 bits per heavy atom. The van der Waals surface area contributed by atoms with E-state index in [0.717, 1.165) is 38.0 Å². The average molecular weight is 342 g/mol. The number of imidazole rings is 1. The molecule has 1 amide bonds. The molecule has 3 heterocycles. The quantitative estimate of drug-likeness (QED) is 0.814. The van der Waals surface area contributed by atoms with Crippen LogP contribution in [0.1, 0.15) is 24.6 Å². The lowest BCUT2D eigenvalue weighted by Crippen LogP contribution is -2.47. The van der Waals surface area contributed by atoms with E-state index in [1.807, 2.05) is 0 Å². The maximum absolute atomic E-state index is 12.6. The van der Waals surface area contributed by atoms with Crippen molar-refractivity contribution >= 4 is 15.9 Å². The summed E-state index contributed by atoms with van der Waals surface area (Å²) in [4.78, 5) is 16.6. The summed E-state index contributed by atoms with van der Waals surface area (Å²) in [5.74, 6) is 0.258. The molecule has 8 nitrogen and oxygen atoms in total. The number of sulfonamides is 1. The highest BCUT2D eigenvalue weighted by Gasteiger charge is 2.34. The van der Waals surface area contributed by atoms with E-state index < -0.39 is 16.1 Å². The molecule has 1 atom stereocenters. The number of hydrogen-bond acceptors (Lipinski definition) is 5. The third-order valence-electron chi connectivity index (χ3n) is 4.47. The number of nitrogens with one attached hydrogen (secondary N) is 1. The zero-order chi connectivity index (χ0) is 16.4. The predicted molar refractivity (Wildman–Crippen MR) is 83.1 cm³/mol. The van der Waals surface area contributed by atoms with E-state index in [-0.39, 0.29) is 19.0 Å². The predicted octanol–water partition coefficient (Wildman–Crippen LogP) is -0.258. The molecule has 0 spiro atoms. The minimum Gasteiger partial charge on any atom is -0.381 e. The number of ether oxygens (including phenoxy) is 1. The van der Waals surface area contributed by atoms with Crippen LogP contribution in [-0.2, 0) is 26.1 Å². The van der Waals surface area contributed by atoms with Gasteiger partial charge in [0.05, 0.1) is 24.8 Å². The van der Waals surface area contributed by atoms with Crippen molar-refractivity contribution in [2.24, 2.45) is 5.92 Å². The van der Waals surface area contributed by atoms with Crippen molar-refractivity contribution in [3.63, 3.8) is 0 Å². The van der Waals surface area contributed by atoms with Crippen molar-refractivity contribution in [1.29, 1.82) is 0 Å². The van der Waals surface area contributed by atoms with Crippen molar-refractivity contribution in [3.8, 4) is 0 Å². The molecule has 0 unspecified atom stereocenters. The molecule has 1 fully saturated rings. The molecule has 1 N–H and O–H groups in total. The molecule has 128 valence electrons.